The van der Waals surface area contributed by atoms with Gasteiger partial charge in [-0.3, -0.25) is 10.1 Å². The first kappa shape index (κ1) is 17.5. The van der Waals surface area contributed by atoms with Crippen molar-refractivity contribution in [3.05, 3.63) is 59.7 Å². The van der Waals surface area contributed by atoms with Gasteiger partial charge < -0.3 is 14.0 Å². The zero-order chi connectivity index (χ0) is 18.5. The van der Waals surface area contributed by atoms with Crippen molar-refractivity contribution in [2.24, 2.45) is 0 Å². The monoisotopic (exact) mass is 352 g/mol. The van der Waals surface area contributed by atoms with Crippen molar-refractivity contribution >= 4 is 11.8 Å². The number of aromatic nitrogens is 1. The minimum Gasteiger partial charge on any atom is -0.497 e. The van der Waals surface area contributed by atoms with E-state index in [0.29, 0.717) is 22.8 Å². The topological polar surface area (TPSA) is 73.6 Å². The lowest BCUT2D eigenvalue weighted by molar-refractivity contribution is 0.102. The number of nitrogens with zero attached hydrogens (tertiary/aromatic N) is 1. The molecule has 3 rings (SSSR count). The highest BCUT2D eigenvalue weighted by Crippen LogP contribution is 2.25. The second kappa shape index (κ2) is 7.74. The molecule has 6 nitrogen and oxygen atoms in total. The molecule has 2 aromatic carbocycles. The van der Waals surface area contributed by atoms with Gasteiger partial charge in [-0.2, -0.15) is 0 Å². The Kier molecular flexibility index (Phi) is 5.22. The van der Waals surface area contributed by atoms with Gasteiger partial charge in [0, 0.05) is 23.3 Å². The number of ether oxygens (including phenoxy) is 2. The molecule has 1 heterocycles. The van der Waals surface area contributed by atoms with Gasteiger partial charge in [0.1, 0.15) is 17.2 Å². The molecule has 0 spiro atoms. The molecule has 6 heteroatoms. The van der Waals surface area contributed by atoms with E-state index in [0.717, 1.165) is 12.0 Å². The molecular formula is C20H20N2O4. The maximum atomic E-state index is 12.5. The number of benzene rings is 2. The Morgan fingerprint density at radius 2 is 1.69 bits per heavy atom. The molecule has 1 amide bonds. The van der Waals surface area contributed by atoms with Crippen LogP contribution in [-0.2, 0) is 6.42 Å². The molecule has 0 bridgehead atoms. The van der Waals surface area contributed by atoms with E-state index in [2.05, 4.69) is 17.4 Å². The zero-order valence-corrected chi connectivity index (χ0v) is 14.9. The van der Waals surface area contributed by atoms with E-state index in [4.69, 9.17) is 14.0 Å². The van der Waals surface area contributed by atoms with E-state index in [1.165, 1.54) is 19.8 Å². The molecule has 3 aromatic rings. The normalized spacial score (nSPS) is 10.4. The molecule has 0 atom stereocenters. The molecule has 0 unspecified atom stereocenters. The van der Waals surface area contributed by atoms with Crippen molar-refractivity contribution in [1.29, 1.82) is 0 Å². The minimum atomic E-state index is -0.341. The lowest BCUT2D eigenvalue weighted by Crippen LogP contribution is -2.11. The molecule has 0 saturated carbocycles. The molecule has 0 aliphatic carbocycles. The maximum Gasteiger partial charge on any atom is 0.258 e. The fraction of sp³-hybridized carbons (Fsp3) is 0.200. The van der Waals surface area contributed by atoms with E-state index in [9.17, 15) is 4.79 Å². The Hall–Kier alpha value is -3.28. The van der Waals surface area contributed by atoms with Crippen LogP contribution >= 0.6 is 0 Å². The summed E-state index contributed by atoms with van der Waals surface area (Å²) in [4.78, 5) is 12.5. The van der Waals surface area contributed by atoms with Crippen molar-refractivity contribution in [2.75, 3.05) is 19.5 Å². The second-order valence-corrected chi connectivity index (χ2v) is 5.68. The van der Waals surface area contributed by atoms with Gasteiger partial charge in [0.15, 0.2) is 0 Å². The van der Waals surface area contributed by atoms with E-state index >= 15 is 0 Å². The first-order chi connectivity index (χ1) is 12.6. The Bertz CT molecular complexity index is 878. The number of hydrogen-bond acceptors (Lipinski definition) is 5. The molecule has 0 radical (unpaired) electrons. The summed E-state index contributed by atoms with van der Waals surface area (Å²) in [6.45, 7) is 2.10. The largest absolute Gasteiger partial charge is 0.497 e. The van der Waals surface area contributed by atoms with Gasteiger partial charge >= 0.3 is 0 Å². The van der Waals surface area contributed by atoms with Crippen LogP contribution in [0.1, 0.15) is 22.8 Å². The SMILES string of the molecule is CCc1ccc(-c2cc(NC(=O)c3cc(OC)cc(OC)c3)on2)cc1. The van der Waals surface area contributed by atoms with Gasteiger partial charge in [0.25, 0.3) is 5.91 Å². The van der Waals surface area contributed by atoms with Crippen LogP contribution < -0.4 is 14.8 Å². The lowest BCUT2D eigenvalue weighted by Gasteiger charge is -2.07. The number of methoxy groups -OCH3 is 2. The van der Waals surface area contributed by atoms with Crippen LogP contribution in [-0.4, -0.2) is 25.3 Å². The lowest BCUT2D eigenvalue weighted by atomic mass is 10.1. The molecular weight excluding hydrogens is 332 g/mol. The number of amides is 1. The Labute approximate surface area is 151 Å². The summed E-state index contributed by atoms with van der Waals surface area (Å²) in [5.41, 5.74) is 3.23. The van der Waals surface area contributed by atoms with Crippen LogP contribution in [0, 0.1) is 0 Å². The maximum absolute atomic E-state index is 12.5. The number of aryl methyl sites for hydroxylation is 1. The van der Waals surface area contributed by atoms with Crippen LogP contribution in [0.4, 0.5) is 5.88 Å². The van der Waals surface area contributed by atoms with Crippen molar-refractivity contribution < 1.29 is 18.8 Å². The number of carbonyl (C=O) groups excluding carboxylic acids is 1. The average molecular weight is 352 g/mol. The Balaban J connectivity index is 1.77. The highest BCUT2D eigenvalue weighted by molar-refractivity contribution is 6.04. The van der Waals surface area contributed by atoms with E-state index in [1.54, 1.807) is 24.3 Å². The summed E-state index contributed by atoms with van der Waals surface area (Å²) in [6, 6.07) is 14.7. The zero-order valence-electron chi connectivity index (χ0n) is 14.9. The van der Waals surface area contributed by atoms with E-state index in [1.807, 2.05) is 24.3 Å². The molecule has 1 N–H and O–H groups in total. The molecule has 0 aliphatic rings. The van der Waals surface area contributed by atoms with Gasteiger partial charge in [0.05, 0.1) is 14.2 Å². The summed E-state index contributed by atoms with van der Waals surface area (Å²) in [6.07, 6.45) is 0.977. The number of hydrogen-bond donors (Lipinski definition) is 1. The van der Waals surface area contributed by atoms with Crippen LogP contribution in [0.25, 0.3) is 11.3 Å². The first-order valence-electron chi connectivity index (χ1n) is 8.23. The minimum absolute atomic E-state index is 0.270. The molecule has 0 aliphatic heterocycles. The highest BCUT2D eigenvalue weighted by atomic mass is 16.5. The molecule has 134 valence electrons. The number of anilines is 1. The summed E-state index contributed by atoms with van der Waals surface area (Å²) < 4.78 is 15.6. The van der Waals surface area contributed by atoms with Gasteiger partial charge in [-0.15, -0.1) is 0 Å². The highest BCUT2D eigenvalue weighted by Gasteiger charge is 2.13. The van der Waals surface area contributed by atoms with Crippen molar-refractivity contribution in [3.63, 3.8) is 0 Å². The average Bonchev–Trinajstić information content (AvgIpc) is 3.15. The molecule has 0 saturated heterocycles. The predicted octanol–water partition coefficient (Wildman–Crippen LogP) is 4.17. The summed E-state index contributed by atoms with van der Waals surface area (Å²) in [5.74, 6) is 0.991. The van der Waals surface area contributed by atoms with Crippen molar-refractivity contribution in [3.8, 4) is 22.8 Å². The van der Waals surface area contributed by atoms with E-state index < -0.39 is 0 Å². The first-order valence-corrected chi connectivity index (χ1v) is 8.23. The third kappa shape index (κ3) is 3.85. The number of carbonyl (C=O) groups is 1. The molecule has 0 fully saturated rings. The predicted molar refractivity (Wildman–Crippen MR) is 98.8 cm³/mol. The van der Waals surface area contributed by atoms with Crippen LogP contribution in [0.5, 0.6) is 11.5 Å². The Morgan fingerprint density at radius 3 is 2.27 bits per heavy atom. The van der Waals surface area contributed by atoms with Crippen LogP contribution in [0.15, 0.2) is 53.1 Å². The standard InChI is InChI=1S/C20H20N2O4/c1-4-13-5-7-14(8-6-13)18-12-19(26-22-18)21-20(23)15-9-16(24-2)11-17(10-15)25-3/h5-12H,4H2,1-3H3,(H,21,23). The van der Waals surface area contributed by atoms with E-state index in [-0.39, 0.29) is 11.8 Å². The smallest absolute Gasteiger partial charge is 0.258 e. The van der Waals surface area contributed by atoms with Crippen LogP contribution in [0.3, 0.4) is 0 Å². The summed E-state index contributed by atoms with van der Waals surface area (Å²) in [5, 5.41) is 6.71. The quantitative estimate of drug-likeness (QED) is 0.721. The van der Waals surface area contributed by atoms with Gasteiger partial charge in [-0.05, 0) is 24.1 Å². The van der Waals surface area contributed by atoms with Gasteiger partial charge in [-0.25, -0.2) is 0 Å². The molecule has 26 heavy (non-hydrogen) atoms. The third-order valence-electron chi connectivity index (χ3n) is 4.02. The summed E-state index contributed by atoms with van der Waals surface area (Å²) >= 11 is 0. The summed E-state index contributed by atoms with van der Waals surface area (Å²) in [7, 11) is 3.06. The van der Waals surface area contributed by atoms with Gasteiger partial charge in [0.2, 0.25) is 5.88 Å². The molecule has 1 aromatic heterocycles. The van der Waals surface area contributed by atoms with Gasteiger partial charge in [-0.1, -0.05) is 36.3 Å². The Morgan fingerprint density at radius 1 is 1.04 bits per heavy atom. The van der Waals surface area contributed by atoms with Crippen molar-refractivity contribution in [1.82, 2.24) is 5.16 Å². The fourth-order valence-electron chi connectivity index (χ4n) is 2.50. The van der Waals surface area contributed by atoms with Crippen molar-refractivity contribution in [2.45, 2.75) is 13.3 Å². The second-order valence-electron chi connectivity index (χ2n) is 5.68. The number of rotatable bonds is 6. The third-order valence-corrected chi connectivity index (χ3v) is 4.02. The van der Waals surface area contributed by atoms with Crippen LogP contribution in [0.2, 0.25) is 0 Å². The fourth-order valence-corrected chi connectivity index (χ4v) is 2.50. The number of nitrogens with one attached hydrogen (secondary N) is 1.